The van der Waals surface area contributed by atoms with Crippen LogP contribution in [0.4, 0.5) is 51.2 Å². The average Bonchev–Trinajstić information content (AvgIpc) is 3.31. The molecule has 6 nitrogen and oxygen atoms in total. The van der Waals surface area contributed by atoms with Crippen molar-refractivity contribution in [1.29, 1.82) is 0 Å². The summed E-state index contributed by atoms with van der Waals surface area (Å²) in [4.78, 5) is 15.7. The largest absolute Gasteiger partial charge is 1.00 e. The predicted molar refractivity (Wildman–Crippen MR) is 273 cm³/mol. The summed E-state index contributed by atoms with van der Waals surface area (Å²) in [7, 11) is 0. The molecule has 0 saturated carbocycles. The van der Waals surface area contributed by atoms with Gasteiger partial charge in [-0.15, -0.1) is 0 Å². The van der Waals surface area contributed by atoms with Crippen LogP contribution in [0.15, 0.2) is 157 Å². The van der Waals surface area contributed by atoms with Crippen molar-refractivity contribution >= 4 is 86.5 Å². The van der Waals surface area contributed by atoms with E-state index in [-0.39, 0.29) is 71.9 Å². The van der Waals surface area contributed by atoms with Gasteiger partial charge in [0.25, 0.3) is 0 Å². The molecule has 0 atom stereocenters. The molecule has 0 fully saturated rings. The van der Waals surface area contributed by atoms with Crippen molar-refractivity contribution < 1.29 is 87.9 Å². The maximum absolute atomic E-state index is 2.50. The van der Waals surface area contributed by atoms with Crippen LogP contribution in [0.2, 0.25) is 0 Å². The molecule has 66 heavy (non-hydrogen) atoms. The number of nitrogens with two attached hydrogens (primary N) is 3. The van der Waals surface area contributed by atoms with Crippen molar-refractivity contribution in [3.8, 4) is 0 Å². The molecule has 0 radical (unpaired) electrons. The molecule has 0 spiro atoms. The van der Waals surface area contributed by atoms with E-state index < -0.39 is 0 Å². The fourth-order valence-electron chi connectivity index (χ4n) is 8.45. The molecule has 0 unspecified atom stereocenters. The molecule has 3 aliphatic rings. The Morgan fingerprint density at radius 1 is 0.303 bits per heavy atom. The normalized spacial score (nSPS) is 12.1. The number of quaternary nitrogens is 3. The molecule has 6 N–H and O–H groups in total. The lowest BCUT2D eigenvalue weighted by atomic mass is 10.2. The first kappa shape index (κ1) is 56.4. The van der Waals surface area contributed by atoms with Crippen LogP contribution >= 0.6 is 35.3 Å². The van der Waals surface area contributed by atoms with Gasteiger partial charge in [0.05, 0.1) is 29.4 Å². The van der Waals surface area contributed by atoms with E-state index in [1.165, 1.54) is 119 Å². The van der Waals surface area contributed by atoms with Gasteiger partial charge >= 0.3 is 0 Å². The van der Waals surface area contributed by atoms with Crippen molar-refractivity contribution in [2.24, 2.45) is 0 Å². The van der Waals surface area contributed by atoms with Crippen molar-refractivity contribution in [3.05, 3.63) is 127 Å². The highest BCUT2D eigenvalue weighted by Gasteiger charge is 2.24. The zero-order valence-electron chi connectivity index (χ0n) is 39.5. The van der Waals surface area contributed by atoms with E-state index in [2.05, 4.69) is 200 Å². The Hall–Kier alpha value is -2.16. The van der Waals surface area contributed by atoms with Gasteiger partial charge in [-0.2, -0.15) is 0 Å². The SMILES string of the molecule is CCCN(CCC)c1ccc2c(c1)Sc1ccccc1[NH2+]2.CCCN(CCC)c1ccc2c(c1)Sc1ccccc1[NH2+]2.CCCN(CCC)c1ccc2c(c1)Sc1ccccc1[NH2+]2.[I-].[I-].[I-]. The first-order valence-electron chi connectivity index (χ1n) is 23.5. The summed E-state index contributed by atoms with van der Waals surface area (Å²) in [5.74, 6) is 0. The molecule has 3 heterocycles. The predicted octanol–water partition coefficient (Wildman–Crippen LogP) is 3.92. The topological polar surface area (TPSA) is 59.6 Å². The van der Waals surface area contributed by atoms with Crippen LogP contribution in [0.25, 0.3) is 0 Å². The van der Waals surface area contributed by atoms with E-state index in [1.54, 1.807) is 0 Å². The highest BCUT2D eigenvalue weighted by molar-refractivity contribution is 8.00. The van der Waals surface area contributed by atoms with Gasteiger partial charge in [-0.05, 0) is 93.1 Å². The fraction of sp³-hybridized carbons (Fsp3) is 0.333. The van der Waals surface area contributed by atoms with Gasteiger partial charge in [-0.25, -0.2) is 0 Å². The summed E-state index contributed by atoms with van der Waals surface area (Å²) in [6, 6.07) is 46.6. The smallest absolute Gasteiger partial charge is 0.148 e. The molecule has 0 amide bonds. The molecule has 0 aromatic heterocycles. The third kappa shape index (κ3) is 14.9. The summed E-state index contributed by atoms with van der Waals surface area (Å²) in [5, 5.41) is 6.90. The number of para-hydroxylation sites is 3. The summed E-state index contributed by atoms with van der Waals surface area (Å²) < 4.78 is 0. The highest BCUT2D eigenvalue weighted by atomic mass is 127. The molecule has 0 saturated heterocycles. The van der Waals surface area contributed by atoms with E-state index in [4.69, 9.17) is 0 Å². The standard InChI is InChI=1S/3C18H22N2S.3HI/c3*1-3-11-20(12-4-2)14-9-10-16-18(13-14)21-17-8-6-5-7-15(17)19-16;;;/h3*5-10,13,19H,3-4,11-12H2,1-2H3;3*1H. The Balaban J connectivity index is 0.000000212. The Bertz CT molecular complexity index is 2140. The molecule has 6 aromatic rings. The quantitative estimate of drug-likeness (QED) is 0.107. The zero-order chi connectivity index (χ0) is 44.0. The third-order valence-corrected chi connectivity index (χ3v) is 14.9. The highest BCUT2D eigenvalue weighted by Crippen LogP contribution is 2.43. The Morgan fingerprint density at radius 2 is 0.530 bits per heavy atom. The number of anilines is 3. The maximum atomic E-state index is 2.50. The first-order chi connectivity index (χ1) is 30.9. The first-order valence-corrected chi connectivity index (χ1v) is 25.9. The van der Waals surface area contributed by atoms with Gasteiger partial charge in [0, 0.05) is 92.7 Å². The van der Waals surface area contributed by atoms with E-state index in [9.17, 15) is 0 Å². The van der Waals surface area contributed by atoms with Gasteiger partial charge in [-0.1, -0.05) is 113 Å². The lowest BCUT2D eigenvalue weighted by Gasteiger charge is -2.25. The van der Waals surface area contributed by atoms with Crippen LogP contribution in [-0.2, 0) is 0 Å². The van der Waals surface area contributed by atoms with E-state index in [0.717, 1.165) is 39.3 Å². The molecule has 3 aliphatic heterocycles. The lowest BCUT2D eigenvalue weighted by Crippen LogP contribution is -3.00. The molecular formula is C54H69I3N6S3. The monoisotopic (exact) mass is 1280 g/mol. The van der Waals surface area contributed by atoms with Crippen LogP contribution in [0, 0.1) is 0 Å². The van der Waals surface area contributed by atoms with Crippen molar-refractivity contribution in [1.82, 2.24) is 0 Å². The van der Waals surface area contributed by atoms with Crippen molar-refractivity contribution in [3.63, 3.8) is 0 Å². The van der Waals surface area contributed by atoms with Crippen LogP contribution in [0.1, 0.15) is 80.1 Å². The number of hydrogen-bond donors (Lipinski definition) is 3. The minimum absolute atomic E-state index is 0. The average molecular weight is 1280 g/mol. The molecule has 0 bridgehead atoms. The van der Waals surface area contributed by atoms with Crippen LogP contribution in [0.3, 0.4) is 0 Å². The molecule has 6 aromatic carbocycles. The lowest BCUT2D eigenvalue weighted by molar-refractivity contribution is -0.485. The summed E-state index contributed by atoms with van der Waals surface area (Å²) >= 11 is 5.68. The Morgan fingerprint density at radius 3 is 0.773 bits per heavy atom. The number of halogens is 3. The zero-order valence-corrected chi connectivity index (χ0v) is 48.5. The van der Waals surface area contributed by atoms with Crippen LogP contribution in [-0.4, -0.2) is 39.3 Å². The summed E-state index contributed by atoms with van der Waals surface area (Å²) in [6.45, 7) is 20.3. The Kier molecular flexibility index (Phi) is 24.9. The van der Waals surface area contributed by atoms with Crippen LogP contribution < -0.4 is 103 Å². The second-order valence-corrected chi connectivity index (χ2v) is 19.7. The molecule has 0 aliphatic carbocycles. The van der Waals surface area contributed by atoms with E-state index in [1.807, 2.05) is 35.3 Å². The minimum atomic E-state index is 0. The second-order valence-electron chi connectivity index (χ2n) is 16.5. The van der Waals surface area contributed by atoms with E-state index >= 15 is 0 Å². The number of nitrogens with zero attached hydrogens (tertiary/aromatic N) is 3. The number of benzene rings is 6. The van der Waals surface area contributed by atoms with Crippen molar-refractivity contribution in [2.45, 2.75) is 109 Å². The number of fused-ring (bicyclic) bond motifs is 6. The van der Waals surface area contributed by atoms with Gasteiger partial charge in [-0.3, -0.25) is 16.0 Å². The fourth-order valence-corrected chi connectivity index (χ4v) is 11.6. The third-order valence-electron chi connectivity index (χ3n) is 11.4. The maximum Gasteiger partial charge on any atom is 0.148 e. The van der Waals surface area contributed by atoms with Crippen molar-refractivity contribution in [2.75, 3.05) is 54.0 Å². The van der Waals surface area contributed by atoms with Gasteiger partial charge in [0.15, 0.2) is 0 Å². The van der Waals surface area contributed by atoms with Gasteiger partial charge in [0.2, 0.25) is 0 Å². The molecule has 9 rings (SSSR count). The van der Waals surface area contributed by atoms with Crippen LogP contribution in [0.5, 0.6) is 0 Å². The Labute approximate surface area is 460 Å². The number of rotatable bonds is 15. The minimum Gasteiger partial charge on any atom is -1.00 e. The molecule has 12 heteroatoms. The van der Waals surface area contributed by atoms with Gasteiger partial charge < -0.3 is 86.6 Å². The molecule has 354 valence electrons. The second kappa shape index (κ2) is 29.1. The molecular weight excluding hydrogens is 1210 g/mol. The van der Waals surface area contributed by atoms with E-state index in [0.29, 0.717) is 0 Å². The summed E-state index contributed by atoms with van der Waals surface area (Å²) in [5.41, 5.74) is 12.1. The number of hydrogen-bond acceptors (Lipinski definition) is 6. The summed E-state index contributed by atoms with van der Waals surface area (Å²) in [6.07, 6.45) is 7.16. The van der Waals surface area contributed by atoms with Gasteiger partial charge in [0.1, 0.15) is 34.1 Å².